The summed E-state index contributed by atoms with van der Waals surface area (Å²) < 4.78 is 0. The van der Waals surface area contributed by atoms with E-state index in [0.29, 0.717) is 16.0 Å². The van der Waals surface area contributed by atoms with Crippen molar-refractivity contribution in [2.75, 3.05) is 0 Å². The average molecular weight is 356 g/mol. The van der Waals surface area contributed by atoms with Gasteiger partial charge >= 0.3 is 0 Å². The number of H-pyrrole nitrogens is 1. The Balaban J connectivity index is 2.12. The van der Waals surface area contributed by atoms with Gasteiger partial charge < -0.3 is 4.98 Å². The van der Waals surface area contributed by atoms with E-state index in [0.717, 1.165) is 22.4 Å². The number of hydrogen-bond acceptors (Lipinski definition) is 5. The maximum atomic E-state index is 12.8. The summed E-state index contributed by atoms with van der Waals surface area (Å²) in [5.74, 6) is 0. The van der Waals surface area contributed by atoms with E-state index < -0.39 is 0 Å². The molecule has 4 aromatic rings. The summed E-state index contributed by atoms with van der Waals surface area (Å²) in [6.45, 7) is 0. The predicted octanol–water partition coefficient (Wildman–Crippen LogP) is 4.10. The molecule has 0 bridgehead atoms. The second-order valence-corrected chi connectivity index (χ2v) is 6.43. The normalized spacial score (nSPS) is 10.4. The Hall–Kier alpha value is -3.56. The molecule has 0 fully saturated rings. The topological polar surface area (TPSA) is 82.4 Å². The summed E-state index contributed by atoms with van der Waals surface area (Å²) in [6.07, 6.45) is 6.76. The van der Waals surface area contributed by atoms with Gasteiger partial charge in [-0.3, -0.25) is 14.8 Å². The summed E-state index contributed by atoms with van der Waals surface area (Å²) in [5, 5.41) is 11.2. The van der Waals surface area contributed by atoms with Gasteiger partial charge in [-0.2, -0.15) is 5.26 Å². The SMILES string of the molecule is N#Cc1sccc1-c1c(-c2cccnc2)c(-c2ccccn2)c[nH]c1=O. The molecule has 6 heteroatoms. The molecule has 0 spiro atoms. The number of aromatic nitrogens is 3. The number of nitrogens with zero attached hydrogens (tertiary/aromatic N) is 3. The monoisotopic (exact) mass is 356 g/mol. The van der Waals surface area contributed by atoms with Crippen LogP contribution in [0.15, 0.2) is 71.4 Å². The molecule has 1 N–H and O–H groups in total. The van der Waals surface area contributed by atoms with Crippen LogP contribution in [-0.2, 0) is 0 Å². The molecule has 0 atom stereocenters. The van der Waals surface area contributed by atoms with E-state index in [1.807, 2.05) is 35.7 Å². The molecule has 0 saturated carbocycles. The van der Waals surface area contributed by atoms with E-state index >= 15 is 0 Å². The first kappa shape index (κ1) is 15.9. The minimum absolute atomic E-state index is 0.251. The standard InChI is InChI=1S/C20H12N4OS/c21-10-17-14(6-9-26-17)19-18(13-4-3-7-22-11-13)15(12-24-20(19)25)16-5-1-2-8-23-16/h1-9,11-12H,(H,24,25). The molecule has 0 radical (unpaired) electrons. The number of rotatable bonds is 3. The van der Waals surface area contributed by atoms with Crippen molar-refractivity contribution in [3.63, 3.8) is 0 Å². The van der Waals surface area contributed by atoms with Crippen LogP contribution in [-0.4, -0.2) is 15.0 Å². The highest BCUT2D eigenvalue weighted by Gasteiger charge is 2.21. The van der Waals surface area contributed by atoms with Gasteiger partial charge in [0, 0.05) is 47.0 Å². The minimum atomic E-state index is -0.251. The van der Waals surface area contributed by atoms with E-state index in [4.69, 9.17) is 0 Å². The van der Waals surface area contributed by atoms with E-state index in [1.165, 1.54) is 11.3 Å². The molecule has 124 valence electrons. The molecule has 4 aromatic heterocycles. The van der Waals surface area contributed by atoms with Crippen molar-refractivity contribution < 1.29 is 0 Å². The summed E-state index contributed by atoms with van der Waals surface area (Å²) >= 11 is 1.31. The summed E-state index contributed by atoms with van der Waals surface area (Å²) in [7, 11) is 0. The lowest BCUT2D eigenvalue weighted by Gasteiger charge is -2.13. The van der Waals surface area contributed by atoms with Crippen LogP contribution in [0.25, 0.3) is 33.5 Å². The molecule has 0 aliphatic carbocycles. The first-order chi connectivity index (χ1) is 12.8. The summed E-state index contributed by atoms with van der Waals surface area (Å²) in [4.78, 5) is 24.7. The van der Waals surface area contributed by atoms with Crippen LogP contribution in [0.2, 0.25) is 0 Å². The molecule has 4 heterocycles. The molecular weight excluding hydrogens is 344 g/mol. The molecule has 0 aliphatic heterocycles. The zero-order valence-electron chi connectivity index (χ0n) is 13.5. The maximum absolute atomic E-state index is 12.8. The Bertz CT molecular complexity index is 1160. The van der Waals surface area contributed by atoms with E-state index in [1.54, 1.807) is 30.9 Å². The Morgan fingerprint density at radius 1 is 1.04 bits per heavy atom. The number of thiophene rings is 1. The predicted molar refractivity (Wildman–Crippen MR) is 102 cm³/mol. The summed E-state index contributed by atoms with van der Waals surface area (Å²) in [5.41, 5.74) is 3.86. The Kier molecular flexibility index (Phi) is 4.14. The zero-order valence-corrected chi connectivity index (χ0v) is 14.3. The average Bonchev–Trinajstić information content (AvgIpc) is 3.17. The lowest BCUT2D eigenvalue weighted by molar-refractivity contribution is 1.22. The smallest absolute Gasteiger partial charge is 0.256 e. The third-order valence-corrected chi connectivity index (χ3v) is 4.84. The molecule has 5 nitrogen and oxygen atoms in total. The van der Waals surface area contributed by atoms with Gasteiger partial charge in [-0.15, -0.1) is 11.3 Å². The molecule has 0 amide bonds. The number of nitrogens with one attached hydrogen (secondary N) is 1. The van der Waals surface area contributed by atoms with Gasteiger partial charge in [0.1, 0.15) is 10.9 Å². The molecule has 0 saturated heterocycles. The van der Waals surface area contributed by atoms with Gasteiger partial charge in [0.15, 0.2) is 0 Å². The van der Waals surface area contributed by atoms with E-state index in [9.17, 15) is 10.1 Å². The van der Waals surface area contributed by atoms with Crippen LogP contribution in [0.1, 0.15) is 4.88 Å². The van der Waals surface area contributed by atoms with E-state index in [2.05, 4.69) is 21.0 Å². The Labute approximate surface area is 153 Å². The first-order valence-electron chi connectivity index (χ1n) is 7.85. The maximum Gasteiger partial charge on any atom is 0.256 e. The highest BCUT2D eigenvalue weighted by atomic mass is 32.1. The molecule has 4 rings (SSSR count). The second kappa shape index (κ2) is 6.75. The molecule has 0 aliphatic rings. The van der Waals surface area contributed by atoms with Gasteiger partial charge in [0.25, 0.3) is 5.56 Å². The fraction of sp³-hybridized carbons (Fsp3) is 0. The largest absolute Gasteiger partial charge is 0.328 e. The lowest BCUT2D eigenvalue weighted by atomic mass is 9.92. The molecule has 0 unspecified atom stereocenters. The number of nitriles is 1. The van der Waals surface area contributed by atoms with Crippen LogP contribution in [0, 0.1) is 11.3 Å². The lowest BCUT2D eigenvalue weighted by Crippen LogP contribution is -2.11. The van der Waals surface area contributed by atoms with Crippen molar-refractivity contribution in [1.29, 1.82) is 5.26 Å². The van der Waals surface area contributed by atoms with Crippen LogP contribution in [0.4, 0.5) is 0 Å². The highest BCUT2D eigenvalue weighted by Crippen LogP contribution is 2.38. The van der Waals surface area contributed by atoms with Crippen molar-refractivity contribution in [3.05, 3.63) is 81.8 Å². The quantitative estimate of drug-likeness (QED) is 0.599. The van der Waals surface area contributed by atoms with Crippen molar-refractivity contribution in [1.82, 2.24) is 15.0 Å². The van der Waals surface area contributed by atoms with Crippen molar-refractivity contribution in [3.8, 4) is 39.6 Å². The number of hydrogen-bond donors (Lipinski definition) is 1. The minimum Gasteiger partial charge on any atom is -0.328 e. The van der Waals surface area contributed by atoms with Crippen molar-refractivity contribution in [2.45, 2.75) is 0 Å². The Morgan fingerprint density at radius 3 is 2.69 bits per heavy atom. The van der Waals surface area contributed by atoms with Gasteiger partial charge in [0.05, 0.1) is 11.3 Å². The number of pyridine rings is 3. The van der Waals surface area contributed by atoms with Crippen molar-refractivity contribution in [2.24, 2.45) is 0 Å². The van der Waals surface area contributed by atoms with Crippen LogP contribution < -0.4 is 5.56 Å². The fourth-order valence-corrected chi connectivity index (χ4v) is 3.60. The first-order valence-corrected chi connectivity index (χ1v) is 8.73. The van der Waals surface area contributed by atoms with Gasteiger partial charge in [-0.05, 0) is 29.6 Å². The fourth-order valence-electron chi connectivity index (χ4n) is 2.91. The molecule has 26 heavy (non-hydrogen) atoms. The third kappa shape index (κ3) is 2.70. The van der Waals surface area contributed by atoms with Crippen molar-refractivity contribution >= 4 is 11.3 Å². The van der Waals surface area contributed by atoms with Gasteiger partial charge in [-0.1, -0.05) is 12.1 Å². The molecular formula is C20H12N4OS. The Morgan fingerprint density at radius 2 is 1.96 bits per heavy atom. The molecule has 0 aromatic carbocycles. The highest BCUT2D eigenvalue weighted by molar-refractivity contribution is 7.11. The zero-order chi connectivity index (χ0) is 17.9. The summed E-state index contributed by atoms with van der Waals surface area (Å²) in [6, 6.07) is 13.3. The van der Waals surface area contributed by atoms with Crippen LogP contribution in [0.3, 0.4) is 0 Å². The second-order valence-electron chi connectivity index (χ2n) is 5.51. The number of aromatic amines is 1. The van der Waals surface area contributed by atoms with Crippen LogP contribution in [0.5, 0.6) is 0 Å². The third-order valence-electron chi connectivity index (χ3n) is 4.02. The van der Waals surface area contributed by atoms with E-state index in [-0.39, 0.29) is 5.56 Å². The van der Waals surface area contributed by atoms with Gasteiger partial charge in [-0.25, -0.2) is 0 Å². The van der Waals surface area contributed by atoms with Gasteiger partial charge in [0.2, 0.25) is 0 Å². The van der Waals surface area contributed by atoms with Crippen LogP contribution >= 0.6 is 11.3 Å².